The first-order chi connectivity index (χ1) is 11.6. The zero-order valence-electron chi connectivity index (χ0n) is 12.4. The van der Waals surface area contributed by atoms with Crippen molar-refractivity contribution in [2.75, 3.05) is 6.79 Å². The number of carbonyl (C=O) groups is 1. The Morgan fingerprint density at radius 2 is 2.12 bits per heavy atom. The molecule has 0 bridgehead atoms. The molecule has 1 heterocycles. The van der Waals surface area contributed by atoms with Gasteiger partial charge in [0.05, 0.1) is 17.1 Å². The minimum absolute atomic E-state index is 0.0579. The summed E-state index contributed by atoms with van der Waals surface area (Å²) in [5, 5.41) is 11.1. The summed E-state index contributed by atoms with van der Waals surface area (Å²) in [7, 11) is 0. The first kappa shape index (κ1) is 16.7. The Labute approximate surface area is 150 Å². The molecule has 0 unspecified atom stereocenters. The second kappa shape index (κ2) is 7.14. The molecule has 0 saturated carbocycles. The van der Waals surface area contributed by atoms with Crippen molar-refractivity contribution in [3.63, 3.8) is 0 Å². The smallest absolute Gasteiger partial charge is 0.339 e. The molecule has 0 amide bonds. The highest BCUT2D eigenvalue weighted by Gasteiger charge is 2.22. The van der Waals surface area contributed by atoms with Crippen LogP contribution in [0.15, 0.2) is 36.4 Å². The largest absolute Gasteiger partial charge is 0.467 e. The van der Waals surface area contributed by atoms with Crippen LogP contribution in [0.25, 0.3) is 0 Å². The lowest BCUT2D eigenvalue weighted by atomic mass is 10.1. The van der Waals surface area contributed by atoms with Crippen molar-refractivity contribution in [1.29, 1.82) is 0 Å². The van der Waals surface area contributed by atoms with Crippen LogP contribution >= 0.6 is 22.6 Å². The highest BCUT2D eigenvalue weighted by Crippen LogP contribution is 2.33. The van der Waals surface area contributed by atoms with Crippen LogP contribution in [0.3, 0.4) is 0 Å². The Morgan fingerprint density at radius 1 is 1.33 bits per heavy atom. The Morgan fingerprint density at radius 3 is 2.88 bits per heavy atom. The third-order valence-corrected chi connectivity index (χ3v) is 4.38. The number of nitrogens with zero attached hydrogens (tertiary/aromatic N) is 1. The van der Waals surface area contributed by atoms with Gasteiger partial charge in [-0.05, 0) is 34.7 Å². The van der Waals surface area contributed by atoms with Crippen LogP contribution in [-0.2, 0) is 22.7 Å². The van der Waals surface area contributed by atoms with Gasteiger partial charge >= 0.3 is 5.97 Å². The maximum atomic E-state index is 12.2. The van der Waals surface area contributed by atoms with Gasteiger partial charge in [0.1, 0.15) is 12.4 Å². The van der Waals surface area contributed by atoms with Crippen molar-refractivity contribution in [1.82, 2.24) is 0 Å². The van der Waals surface area contributed by atoms with Gasteiger partial charge in [0.2, 0.25) is 0 Å². The number of hydrogen-bond donors (Lipinski definition) is 0. The number of rotatable bonds is 4. The number of nitro groups is 1. The third kappa shape index (κ3) is 3.49. The van der Waals surface area contributed by atoms with Gasteiger partial charge < -0.3 is 14.2 Å². The van der Waals surface area contributed by atoms with E-state index in [4.69, 9.17) is 14.2 Å². The summed E-state index contributed by atoms with van der Waals surface area (Å²) in [6.45, 7) is 0.157. The molecular weight excluding hydrogens is 429 g/mol. The van der Waals surface area contributed by atoms with Crippen molar-refractivity contribution in [3.05, 3.63) is 66.8 Å². The van der Waals surface area contributed by atoms with E-state index in [1.165, 1.54) is 12.1 Å². The summed E-state index contributed by atoms with van der Waals surface area (Å²) in [5.74, 6) is -0.0188. The van der Waals surface area contributed by atoms with Crippen LogP contribution in [0, 0.1) is 13.7 Å². The zero-order valence-corrected chi connectivity index (χ0v) is 14.5. The molecule has 8 heteroatoms. The first-order valence-corrected chi connectivity index (χ1v) is 8.06. The minimum Gasteiger partial charge on any atom is -0.467 e. The summed E-state index contributed by atoms with van der Waals surface area (Å²) in [6.07, 6.45) is 0. The predicted molar refractivity (Wildman–Crippen MR) is 91.7 cm³/mol. The van der Waals surface area contributed by atoms with Crippen molar-refractivity contribution < 1.29 is 23.9 Å². The Hall–Kier alpha value is -2.20. The number of non-ortho nitro benzene ring substituents is 1. The number of ether oxygens (including phenoxy) is 3. The monoisotopic (exact) mass is 441 g/mol. The fraction of sp³-hybridized carbons (Fsp3) is 0.188. The second-order valence-corrected chi connectivity index (χ2v) is 6.18. The van der Waals surface area contributed by atoms with E-state index >= 15 is 0 Å². The number of halogens is 1. The summed E-state index contributed by atoms with van der Waals surface area (Å²) >= 11 is 2.05. The third-order valence-electron chi connectivity index (χ3n) is 3.44. The van der Waals surface area contributed by atoms with Crippen molar-refractivity contribution in [2.24, 2.45) is 0 Å². The van der Waals surface area contributed by atoms with Gasteiger partial charge in [-0.15, -0.1) is 0 Å². The van der Waals surface area contributed by atoms with E-state index in [9.17, 15) is 14.9 Å². The van der Waals surface area contributed by atoms with Crippen LogP contribution < -0.4 is 4.74 Å². The van der Waals surface area contributed by atoms with E-state index in [0.717, 1.165) is 3.57 Å². The van der Waals surface area contributed by atoms with Gasteiger partial charge in [0.15, 0.2) is 6.79 Å². The van der Waals surface area contributed by atoms with Gasteiger partial charge in [-0.3, -0.25) is 10.1 Å². The van der Waals surface area contributed by atoms with Crippen molar-refractivity contribution in [2.45, 2.75) is 13.2 Å². The Kier molecular flexibility index (Phi) is 4.95. The summed E-state index contributed by atoms with van der Waals surface area (Å²) in [4.78, 5) is 22.8. The fourth-order valence-electron chi connectivity index (χ4n) is 2.34. The average molecular weight is 441 g/mol. The molecule has 2 aromatic rings. The van der Waals surface area contributed by atoms with E-state index < -0.39 is 10.9 Å². The Balaban J connectivity index is 1.84. The molecule has 1 aliphatic heterocycles. The van der Waals surface area contributed by atoms with E-state index in [-0.39, 0.29) is 25.7 Å². The van der Waals surface area contributed by atoms with E-state index in [1.807, 2.05) is 28.7 Å². The van der Waals surface area contributed by atoms with E-state index in [0.29, 0.717) is 22.4 Å². The predicted octanol–water partition coefficient (Wildman–Crippen LogP) is 3.42. The molecule has 0 aromatic heterocycles. The van der Waals surface area contributed by atoms with Crippen LogP contribution in [0.2, 0.25) is 0 Å². The summed E-state index contributed by atoms with van der Waals surface area (Å²) in [5.41, 5.74) is 1.36. The molecule has 0 fully saturated rings. The lowest BCUT2D eigenvalue weighted by Crippen LogP contribution is -2.15. The normalized spacial score (nSPS) is 12.9. The van der Waals surface area contributed by atoms with Gasteiger partial charge in [-0.25, -0.2) is 4.79 Å². The number of hydrogen-bond acceptors (Lipinski definition) is 6. The van der Waals surface area contributed by atoms with Gasteiger partial charge in [-0.2, -0.15) is 0 Å². The standard InChI is InChI=1S/C16H12INO6/c17-14-4-2-1-3-13(14)16(19)23-8-11-6-12(18(20)21)5-10-7-22-9-24-15(10)11/h1-6H,7-9H2. The lowest BCUT2D eigenvalue weighted by Gasteiger charge is -2.20. The van der Waals surface area contributed by atoms with Gasteiger partial charge in [0, 0.05) is 26.8 Å². The number of fused-ring (bicyclic) bond motifs is 1. The van der Waals surface area contributed by atoms with Crippen molar-refractivity contribution >= 4 is 34.2 Å². The molecule has 3 rings (SSSR count). The molecule has 0 N–H and O–H groups in total. The van der Waals surface area contributed by atoms with E-state index in [1.54, 1.807) is 18.2 Å². The quantitative estimate of drug-likeness (QED) is 0.313. The molecule has 0 atom stereocenters. The van der Waals surface area contributed by atoms with Crippen LogP contribution in [0.5, 0.6) is 5.75 Å². The number of esters is 1. The SMILES string of the molecule is O=C(OCc1cc([N+](=O)[O-])cc2c1OCOC2)c1ccccc1I. The molecule has 2 aromatic carbocycles. The number of benzene rings is 2. The lowest BCUT2D eigenvalue weighted by molar-refractivity contribution is -0.385. The molecule has 0 radical (unpaired) electrons. The average Bonchev–Trinajstić information content (AvgIpc) is 2.59. The molecule has 0 aliphatic carbocycles. The van der Waals surface area contributed by atoms with Crippen LogP contribution in [0.4, 0.5) is 5.69 Å². The maximum absolute atomic E-state index is 12.2. The summed E-state index contributed by atoms with van der Waals surface area (Å²) in [6, 6.07) is 9.79. The van der Waals surface area contributed by atoms with Crippen LogP contribution in [-0.4, -0.2) is 17.7 Å². The Bertz CT molecular complexity index is 807. The van der Waals surface area contributed by atoms with Gasteiger partial charge in [-0.1, -0.05) is 12.1 Å². The maximum Gasteiger partial charge on any atom is 0.339 e. The molecule has 0 spiro atoms. The summed E-state index contributed by atoms with van der Waals surface area (Å²) < 4.78 is 16.6. The number of nitro benzene ring substituents is 1. The molecule has 1 aliphatic rings. The first-order valence-electron chi connectivity index (χ1n) is 6.98. The zero-order chi connectivity index (χ0) is 17.1. The van der Waals surface area contributed by atoms with Crippen LogP contribution in [0.1, 0.15) is 21.5 Å². The van der Waals surface area contributed by atoms with Crippen molar-refractivity contribution in [3.8, 4) is 5.75 Å². The topological polar surface area (TPSA) is 87.9 Å². The molecule has 124 valence electrons. The highest BCUT2D eigenvalue weighted by molar-refractivity contribution is 14.1. The number of carbonyl (C=O) groups excluding carboxylic acids is 1. The molecular formula is C16H12INO6. The molecule has 24 heavy (non-hydrogen) atoms. The van der Waals surface area contributed by atoms with E-state index in [2.05, 4.69) is 0 Å². The minimum atomic E-state index is -0.500. The fourth-order valence-corrected chi connectivity index (χ4v) is 2.95. The second-order valence-electron chi connectivity index (χ2n) is 5.02. The highest BCUT2D eigenvalue weighted by atomic mass is 127. The molecule has 7 nitrogen and oxygen atoms in total. The van der Waals surface area contributed by atoms with Gasteiger partial charge in [0.25, 0.3) is 5.69 Å². The molecule has 0 saturated heterocycles.